The second-order valence-corrected chi connectivity index (χ2v) is 7.50. The second kappa shape index (κ2) is 10.5. The lowest BCUT2D eigenvalue weighted by atomic mass is 10.0. The van der Waals surface area contributed by atoms with Crippen LogP contribution in [0.3, 0.4) is 0 Å². The van der Waals surface area contributed by atoms with Crippen molar-refractivity contribution in [3.05, 3.63) is 93.5 Å². The first kappa shape index (κ1) is 22.9. The van der Waals surface area contributed by atoms with Crippen molar-refractivity contribution in [3.63, 3.8) is 0 Å². The third kappa shape index (κ3) is 5.69. The second-order valence-electron chi connectivity index (χ2n) is 7.09. The lowest BCUT2D eigenvalue weighted by Gasteiger charge is -2.15. The Hall–Kier alpha value is -3.75. The SMILES string of the molecule is CCOc1cc(/C=C(/C#N)c2ccc(C)cc2)cc(Cl)c1OCc1ccc(C(=O)O)cc1. The average molecular weight is 448 g/mol. The van der Waals surface area contributed by atoms with Gasteiger partial charge in [-0.05, 0) is 60.9 Å². The number of rotatable bonds is 8. The zero-order valence-electron chi connectivity index (χ0n) is 17.8. The first-order chi connectivity index (χ1) is 15.4. The van der Waals surface area contributed by atoms with E-state index in [9.17, 15) is 10.1 Å². The predicted molar refractivity (Wildman–Crippen MR) is 125 cm³/mol. The smallest absolute Gasteiger partial charge is 0.335 e. The number of nitriles is 1. The molecule has 3 aromatic carbocycles. The Bertz CT molecular complexity index is 1180. The van der Waals surface area contributed by atoms with Crippen LogP contribution >= 0.6 is 11.6 Å². The van der Waals surface area contributed by atoms with Crippen molar-refractivity contribution in [2.75, 3.05) is 6.61 Å². The van der Waals surface area contributed by atoms with Gasteiger partial charge in [-0.3, -0.25) is 0 Å². The maximum atomic E-state index is 11.0. The summed E-state index contributed by atoms with van der Waals surface area (Å²) in [5, 5.41) is 19.0. The summed E-state index contributed by atoms with van der Waals surface area (Å²) in [6.07, 6.45) is 1.76. The van der Waals surface area contributed by atoms with Crippen molar-refractivity contribution >= 4 is 29.2 Å². The Labute approximate surface area is 192 Å². The predicted octanol–water partition coefficient (Wildman–Crippen LogP) is 6.39. The number of benzene rings is 3. The highest BCUT2D eigenvalue weighted by Crippen LogP contribution is 2.38. The summed E-state index contributed by atoms with van der Waals surface area (Å²) in [7, 11) is 0. The number of aryl methyl sites for hydroxylation is 1. The molecule has 0 saturated carbocycles. The highest BCUT2D eigenvalue weighted by Gasteiger charge is 2.14. The van der Waals surface area contributed by atoms with Crippen LogP contribution in [0, 0.1) is 18.3 Å². The van der Waals surface area contributed by atoms with E-state index in [1.807, 2.05) is 38.1 Å². The largest absolute Gasteiger partial charge is 0.490 e. The van der Waals surface area contributed by atoms with E-state index in [-0.39, 0.29) is 12.2 Å². The first-order valence-electron chi connectivity index (χ1n) is 10.0. The highest BCUT2D eigenvalue weighted by molar-refractivity contribution is 6.32. The van der Waals surface area contributed by atoms with E-state index in [0.717, 1.165) is 16.7 Å². The number of carbonyl (C=O) groups is 1. The number of allylic oxidation sites excluding steroid dienone is 1. The van der Waals surface area contributed by atoms with Crippen molar-refractivity contribution < 1.29 is 19.4 Å². The summed E-state index contributed by atoms with van der Waals surface area (Å²) in [5.74, 6) is -0.124. The summed E-state index contributed by atoms with van der Waals surface area (Å²) in [5.41, 5.74) is 4.16. The van der Waals surface area contributed by atoms with Crippen molar-refractivity contribution in [2.24, 2.45) is 0 Å². The number of halogens is 1. The quantitative estimate of drug-likeness (QED) is 0.319. The molecule has 0 amide bonds. The lowest BCUT2D eigenvalue weighted by molar-refractivity contribution is 0.0697. The summed E-state index contributed by atoms with van der Waals surface area (Å²) < 4.78 is 11.6. The van der Waals surface area contributed by atoms with Crippen LogP contribution in [0.1, 0.15) is 39.5 Å². The molecule has 0 aliphatic heterocycles. The summed E-state index contributed by atoms with van der Waals surface area (Å²) in [6, 6.07) is 19.9. The van der Waals surface area contributed by atoms with Gasteiger partial charge in [-0.1, -0.05) is 53.6 Å². The van der Waals surface area contributed by atoms with Crippen molar-refractivity contribution in [1.82, 2.24) is 0 Å². The van der Waals surface area contributed by atoms with Crippen LogP contribution < -0.4 is 9.47 Å². The van der Waals surface area contributed by atoms with Crippen molar-refractivity contribution in [3.8, 4) is 17.6 Å². The third-order valence-corrected chi connectivity index (χ3v) is 4.99. The van der Waals surface area contributed by atoms with E-state index in [4.69, 9.17) is 26.2 Å². The van der Waals surface area contributed by atoms with E-state index in [1.165, 1.54) is 12.1 Å². The van der Waals surface area contributed by atoms with Gasteiger partial charge in [0.15, 0.2) is 11.5 Å². The van der Waals surface area contributed by atoms with Crippen molar-refractivity contribution in [2.45, 2.75) is 20.5 Å². The Balaban J connectivity index is 1.87. The minimum absolute atomic E-state index is 0.196. The monoisotopic (exact) mass is 447 g/mol. The number of nitrogens with zero attached hydrogens (tertiary/aromatic N) is 1. The molecule has 6 heteroatoms. The molecule has 0 bridgehead atoms. The molecule has 1 N–H and O–H groups in total. The standard InChI is InChI=1S/C26H22ClNO4/c1-3-31-24-14-19(12-22(15-28)20-8-4-17(2)5-9-20)13-23(27)25(24)32-16-18-6-10-21(11-7-18)26(29)30/h4-14H,3,16H2,1-2H3,(H,29,30)/b22-12-. The molecule has 5 nitrogen and oxygen atoms in total. The van der Waals surface area contributed by atoms with Gasteiger partial charge in [0.25, 0.3) is 0 Å². The molecule has 0 radical (unpaired) electrons. The first-order valence-corrected chi connectivity index (χ1v) is 10.4. The van der Waals surface area contributed by atoms with Gasteiger partial charge >= 0.3 is 5.97 Å². The third-order valence-electron chi connectivity index (χ3n) is 4.71. The zero-order chi connectivity index (χ0) is 23.1. The molecule has 162 valence electrons. The molecule has 0 saturated heterocycles. The number of aromatic carboxylic acids is 1. The molecule has 3 rings (SSSR count). The fraction of sp³-hybridized carbons (Fsp3) is 0.154. The minimum atomic E-state index is -0.981. The van der Waals surface area contributed by atoms with Gasteiger partial charge in [0.05, 0.1) is 28.8 Å². The molecule has 3 aromatic rings. The maximum Gasteiger partial charge on any atom is 0.335 e. The van der Waals surface area contributed by atoms with Crippen LogP contribution in [0.25, 0.3) is 11.6 Å². The molecule has 0 fully saturated rings. The van der Waals surface area contributed by atoms with Gasteiger partial charge in [0.2, 0.25) is 0 Å². The number of hydrogen-bond acceptors (Lipinski definition) is 4. The number of carboxylic acid groups (broad SMARTS) is 1. The Kier molecular flexibility index (Phi) is 7.54. The fourth-order valence-electron chi connectivity index (χ4n) is 3.05. The number of hydrogen-bond donors (Lipinski definition) is 1. The summed E-state index contributed by atoms with van der Waals surface area (Å²) >= 11 is 6.50. The molecule has 0 aliphatic carbocycles. The molecular weight excluding hydrogens is 426 g/mol. The minimum Gasteiger partial charge on any atom is -0.490 e. The highest BCUT2D eigenvalue weighted by atomic mass is 35.5. The van der Waals surface area contributed by atoms with Gasteiger partial charge in [-0.25, -0.2) is 4.79 Å². The van der Waals surface area contributed by atoms with E-state index >= 15 is 0 Å². The average Bonchev–Trinajstić information content (AvgIpc) is 2.78. The van der Waals surface area contributed by atoms with Crippen LogP contribution in [0.2, 0.25) is 5.02 Å². The molecule has 0 spiro atoms. The molecule has 0 aromatic heterocycles. The van der Waals surface area contributed by atoms with E-state index < -0.39 is 5.97 Å². The van der Waals surface area contributed by atoms with Gasteiger partial charge in [-0.2, -0.15) is 5.26 Å². The van der Waals surface area contributed by atoms with Crippen LogP contribution in [0.15, 0.2) is 60.7 Å². The molecule has 32 heavy (non-hydrogen) atoms. The fourth-order valence-corrected chi connectivity index (χ4v) is 3.33. The van der Waals surface area contributed by atoms with Crippen molar-refractivity contribution in [1.29, 1.82) is 5.26 Å². The van der Waals surface area contributed by atoms with Gasteiger partial charge in [0, 0.05) is 0 Å². The van der Waals surface area contributed by atoms with Crippen LogP contribution in [-0.4, -0.2) is 17.7 Å². The molecule has 0 atom stereocenters. The van der Waals surface area contributed by atoms with Crippen LogP contribution in [0.4, 0.5) is 0 Å². The summed E-state index contributed by atoms with van der Waals surface area (Å²) in [4.78, 5) is 11.0. The normalized spacial score (nSPS) is 11.0. The van der Waals surface area contributed by atoms with Crippen LogP contribution in [-0.2, 0) is 6.61 Å². The number of carboxylic acids is 1. The summed E-state index contributed by atoms with van der Waals surface area (Å²) in [6.45, 7) is 4.46. The Morgan fingerprint density at radius 2 is 1.72 bits per heavy atom. The van der Waals surface area contributed by atoms with Gasteiger partial charge < -0.3 is 14.6 Å². The van der Waals surface area contributed by atoms with E-state index in [1.54, 1.807) is 30.3 Å². The Morgan fingerprint density at radius 3 is 2.31 bits per heavy atom. The Morgan fingerprint density at radius 1 is 1.06 bits per heavy atom. The molecular formula is C26H22ClNO4. The van der Waals surface area contributed by atoms with Crippen LogP contribution in [0.5, 0.6) is 11.5 Å². The number of ether oxygens (including phenoxy) is 2. The molecule has 0 unspecified atom stereocenters. The molecule has 0 aliphatic rings. The lowest BCUT2D eigenvalue weighted by Crippen LogP contribution is -2.02. The maximum absolute atomic E-state index is 11.0. The van der Waals surface area contributed by atoms with Gasteiger partial charge in [0.1, 0.15) is 6.61 Å². The van der Waals surface area contributed by atoms with Gasteiger partial charge in [-0.15, -0.1) is 0 Å². The topological polar surface area (TPSA) is 79.5 Å². The molecule has 0 heterocycles. The van der Waals surface area contributed by atoms with E-state index in [0.29, 0.717) is 34.3 Å². The van der Waals surface area contributed by atoms with E-state index in [2.05, 4.69) is 6.07 Å². The zero-order valence-corrected chi connectivity index (χ0v) is 18.5.